The lowest BCUT2D eigenvalue weighted by molar-refractivity contribution is -0.153. The standard InChI is InChI=1S/C30H78O25Si16/c1-33-63(34-2,26-24-25-28-27-29(31)35-30(28)32)43-71-53-68(40-60(15,16)17)47-65(37-57(6,7)8)44-64(36-56(3,4)5)45-66(49-68,38-58(9,10)11)51-70(55-71,42-62(21,22)23)52-67(46-64,39-59(12,13)14)50-69(48-65,54-71)41-61(18,19)20/h28H,24-27H2,1-23H3. The van der Waals surface area contributed by atoms with Gasteiger partial charge in [-0.3, -0.25) is 9.59 Å². The highest BCUT2D eigenvalue weighted by Crippen LogP contribution is 2.53. The quantitative estimate of drug-likeness (QED) is 0.0704. The molecule has 0 radical (unpaired) electrons. The van der Waals surface area contributed by atoms with Crippen LogP contribution < -0.4 is 0 Å². The van der Waals surface area contributed by atoms with Crippen LogP contribution in [0.3, 0.4) is 0 Å². The van der Waals surface area contributed by atoms with E-state index in [4.69, 9.17) is 95.9 Å². The van der Waals surface area contributed by atoms with Crippen molar-refractivity contribution in [1.82, 2.24) is 0 Å². The molecule has 1 atom stereocenters. The largest absolute Gasteiger partial charge is 0.654 e. The Balaban J connectivity index is 1.79. The first-order valence-electron chi connectivity index (χ1n) is 23.5. The Labute approximate surface area is 436 Å². The van der Waals surface area contributed by atoms with Crippen molar-refractivity contribution >= 4 is 151 Å². The van der Waals surface area contributed by atoms with Gasteiger partial charge in [0, 0.05) is 20.3 Å². The summed E-state index contributed by atoms with van der Waals surface area (Å²) in [5, 5.41) is 0. The predicted octanol–water partition coefficient (Wildman–Crippen LogP) is 5.82. The van der Waals surface area contributed by atoms with E-state index in [1.165, 1.54) is 14.2 Å². The van der Waals surface area contributed by atoms with E-state index in [2.05, 4.69) is 0 Å². The van der Waals surface area contributed by atoms with E-state index in [-0.39, 0.29) is 25.3 Å². The highest BCUT2D eigenvalue weighted by molar-refractivity contribution is 7.04. The van der Waals surface area contributed by atoms with E-state index in [1.807, 2.05) is 137 Å². The molecule has 0 aromatic rings. The Morgan fingerprint density at radius 2 is 0.592 bits per heavy atom. The van der Waals surface area contributed by atoms with Gasteiger partial charge in [-0.1, -0.05) is 0 Å². The lowest BCUT2D eigenvalue weighted by Crippen LogP contribution is -2.93. The molecule has 1 unspecified atom stereocenters. The van der Waals surface area contributed by atoms with E-state index in [0.29, 0.717) is 0 Å². The molecule has 7 fully saturated rings. The fraction of sp³-hybridized carbons (Fsp3) is 0.933. The Hall–Kier alpha value is 1.73. The molecule has 7 heterocycles. The molecule has 412 valence electrons. The molecule has 0 aliphatic carbocycles. The maximum atomic E-state index is 12.6. The number of ether oxygens (including phenoxy) is 1. The summed E-state index contributed by atoms with van der Waals surface area (Å²) in [6.45, 7) is 39.9. The number of esters is 2. The summed E-state index contributed by atoms with van der Waals surface area (Å²) in [7, 11) is -64.6. The summed E-state index contributed by atoms with van der Waals surface area (Å²) in [5.41, 5.74) is 0. The van der Waals surface area contributed by atoms with Gasteiger partial charge in [-0.15, -0.1) is 0 Å². The van der Waals surface area contributed by atoms with Gasteiger partial charge in [-0.25, -0.2) is 0 Å². The first-order valence-corrected chi connectivity index (χ1v) is 62.4. The van der Waals surface area contributed by atoms with E-state index < -0.39 is 157 Å². The summed E-state index contributed by atoms with van der Waals surface area (Å²) in [6.07, 6.45) is 0.369. The molecule has 0 spiro atoms. The lowest BCUT2D eigenvalue weighted by atomic mass is 10.0. The van der Waals surface area contributed by atoms with E-state index >= 15 is 0 Å². The van der Waals surface area contributed by atoms with Crippen LogP contribution in [0.5, 0.6) is 0 Å². The summed E-state index contributed by atoms with van der Waals surface area (Å²) in [6, 6.07) is 0.00793. The first-order chi connectivity index (χ1) is 31.6. The maximum absolute atomic E-state index is 12.6. The number of cyclic esters (lactones) is 2. The van der Waals surface area contributed by atoms with Gasteiger partial charge >= 0.3 is 93.1 Å². The Kier molecular flexibility index (Phi) is 17.5. The lowest BCUT2D eigenvalue weighted by Gasteiger charge is -2.60. The average molecular weight is 1290 g/mol. The van der Waals surface area contributed by atoms with Gasteiger partial charge in [0.1, 0.15) is 0 Å². The highest BCUT2D eigenvalue weighted by Gasteiger charge is 2.92. The van der Waals surface area contributed by atoms with E-state index in [9.17, 15) is 9.59 Å². The Morgan fingerprint density at radius 3 is 0.761 bits per heavy atom. The number of hydrogen-bond donors (Lipinski definition) is 0. The molecule has 41 heteroatoms. The molecule has 0 N–H and O–H groups in total. The molecule has 25 nitrogen and oxygen atoms in total. The van der Waals surface area contributed by atoms with Crippen molar-refractivity contribution in [3.8, 4) is 0 Å². The van der Waals surface area contributed by atoms with Gasteiger partial charge < -0.3 is 95.9 Å². The van der Waals surface area contributed by atoms with Crippen molar-refractivity contribution in [2.75, 3.05) is 14.2 Å². The Bertz CT molecular complexity index is 1800. The minimum absolute atomic E-state index is 0.00793. The van der Waals surface area contributed by atoms with Crippen molar-refractivity contribution in [3.05, 3.63) is 0 Å². The molecule has 71 heavy (non-hydrogen) atoms. The third-order valence-electron chi connectivity index (χ3n) is 8.92. The molecule has 7 saturated heterocycles. The summed E-state index contributed by atoms with van der Waals surface area (Å²) in [4.78, 5) is 24.8. The second-order valence-electron chi connectivity index (χ2n) is 24.5. The number of rotatable bonds is 22. The van der Waals surface area contributed by atoms with Crippen LogP contribution in [0.15, 0.2) is 0 Å². The van der Waals surface area contributed by atoms with Gasteiger partial charge in [0.05, 0.1) is 12.3 Å². The predicted molar refractivity (Wildman–Crippen MR) is 284 cm³/mol. The van der Waals surface area contributed by atoms with Crippen LogP contribution >= 0.6 is 0 Å². The SMILES string of the molecule is CO[Si](CCCC1CC(=O)OC1=O)(OC)O[Si]12O[Si]3(O[Si](C)(C)C)O[Si]4(O[Si](C)(C)C)O[Si]5(O[Si](C)(C)C)O[Si](O[Si](C)(C)C)(O3)O[Si](O[Si](C)(C)C)(O[Si](O[Si](C)(C)C)(O5)O[Si](O[Si](C)(C)C)(O4)O1)O2. The molecule has 0 aromatic carbocycles. The van der Waals surface area contributed by atoms with E-state index in [1.54, 1.807) is 0 Å². The summed E-state index contributed by atoms with van der Waals surface area (Å²) >= 11 is 0. The van der Waals surface area contributed by atoms with Crippen molar-refractivity contribution in [2.45, 2.75) is 163 Å². The number of hydrogen-bond acceptors (Lipinski definition) is 25. The zero-order valence-corrected chi connectivity index (χ0v) is 61.6. The molecular weight excluding hydrogens is 1210 g/mol. The molecule has 8 bridgehead atoms. The van der Waals surface area contributed by atoms with Crippen molar-refractivity contribution < 1.29 is 105 Å². The summed E-state index contributed by atoms with van der Waals surface area (Å²) in [5.74, 6) is -1.92. The van der Waals surface area contributed by atoms with Crippen LogP contribution in [-0.4, -0.2) is 166 Å². The first kappa shape index (κ1) is 61.9. The molecule has 0 aromatic heterocycles. The third-order valence-corrected chi connectivity index (χ3v) is 61.5. The van der Waals surface area contributed by atoms with Crippen molar-refractivity contribution in [1.29, 1.82) is 0 Å². The number of carbonyl (C=O) groups is 2. The molecule has 7 rings (SSSR count). The van der Waals surface area contributed by atoms with Crippen LogP contribution in [0.4, 0.5) is 0 Å². The highest BCUT2D eigenvalue weighted by atomic mass is 28.7. The maximum Gasteiger partial charge on any atom is 0.654 e. The third kappa shape index (κ3) is 16.2. The van der Waals surface area contributed by atoms with Gasteiger partial charge in [0.15, 0.2) is 58.2 Å². The second kappa shape index (κ2) is 20.1. The van der Waals surface area contributed by atoms with Crippen LogP contribution in [0.2, 0.25) is 144 Å². The van der Waals surface area contributed by atoms with Gasteiger partial charge in [0.2, 0.25) is 0 Å². The van der Waals surface area contributed by atoms with Crippen molar-refractivity contribution in [2.24, 2.45) is 5.92 Å². The molecular formula is C30H78O25Si16. The minimum Gasteiger partial charge on any atom is -0.396 e. The molecule has 7 aliphatic rings. The van der Waals surface area contributed by atoms with Crippen LogP contribution in [0.25, 0.3) is 0 Å². The molecule has 0 amide bonds. The normalized spacial score (nSPS) is 37.4. The fourth-order valence-corrected chi connectivity index (χ4v) is 72.9. The van der Waals surface area contributed by atoms with Crippen LogP contribution in [0, 0.1) is 5.92 Å². The topological polar surface area (TPSA) is 246 Å². The van der Waals surface area contributed by atoms with Gasteiger partial charge in [-0.05, 0) is 150 Å². The minimum atomic E-state index is -5.54. The molecule has 7 aliphatic heterocycles. The Morgan fingerprint density at radius 1 is 0.380 bits per heavy atom. The van der Waals surface area contributed by atoms with Gasteiger partial charge in [-0.2, -0.15) is 0 Å². The monoisotopic (exact) mass is 1290 g/mol. The zero-order chi connectivity index (χ0) is 53.8. The number of carbonyl (C=O) groups excluding carboxylic acids is 2. The van der Waals surface area contributed by atoms with E-state index in [0.717, 1.165) is 0 Å². The zero-order valence-electron chi connectivity index (χ0n) is 45.6. The second-order valence-corrected chi connectivity index (χ2v) is 81.1. The fourth-order valence-electron chi connectivity index (χ4n) is 7.38. The average Bonchev–Trinajstić information content (AvgIpc) is 3.34. The smallest absolute Gasteiger partial charge is 0.396 e. The summed E-state index contributed by atoms with van der Waals surface area (Å²) < 4.78 is 164. The van der Waals surface area contributed by atoms with Crippen LogP contribution in [-0.2, 0) is 105 Å². The van der Waals surface area contributed by atoms with Gasteiger partial charge in [0.25, 0.3) is 0 Å². The molecule has 0 saturated carbocycles. The van der Waals surface area contributed by atoms with Crippen molar-refractivity contribution in [3.63, 3.8) is 0 Å². The van der Waals surface area contributed by atoms with Crippen LogP contribution in [0.1, 0.15) is 19.3 Å².